The molecular formula is C15H20Cl2O3. The molecule has 112 valence electrons. The molecule has 5 heteroatoms. The number of hydrogen-bond donors (Lipinski definition) is 0. The minimum atomic E-state index is 0.130. The SMILES string of the molecule is COc1cc(Cl)cc(CCl)c1OC1CCCC(OC)C1. The van der Waals surface area contributed by atoms with Crippen molar-refractivity contribution in [2.24, 2.45) is 0 Å². The van der Waals surface area contributed by atoms with E-state index in [-0.39, 0.29) is 12.2 Å². The molecule has 1 fully saturated rings. The van der Waals surface area contributed by atoms with Crippen LogP contribution in [-0.4, -0.2) is 26.4 Å². The summed E-state index contributed by atoms with van der Waals surface area (Å²) in [5.41, 5.74) is 0.857. The van der Waals surface area contributed by atoms with Crippen LogP contribution in [0.15, 0.2) is 12.1 Å². The molecule has 2 unspecified atom stereocenters. The van der Waals surface area contributed by atoms with Crippen molar-refractivity contribution in [1.29, 1.82) is 0 Å². The Morgan fingerprint density at radius 1 is 1.20 bits per heavy atom. The molecule has 1 aliphatic rings. The third-order valence-electron chi connectivity index (χ3n) is 3.66. The van der Waals surface area contributed by atoms with E-state index in [0.29, 0.717) is 22.4 Å². The van der Waals surface area contributed by atoms with Gasteiger partial charge < -0.3 is 14.2 Å². The summed E-state index contributed by atoms with van der Waals surface area (Å²) >= 11 is 12.0. The first kappa shape index (κ1) is 15.7. The molecule has 1 aromatic rings. The summed E-state index contributed by atoms with van der Waals surface area (Å²) in [6, 6.07) is 3.58. The summed E-state index contributed by atoms with van der Waals surface area (Å²) < 4.78 is 16.9. The summed E-state index contributed by atoms with van der Waals surface area (Å²) in [7, 11) is 3.36. The average molecular weight is 319 g/mol. The van der Waals surface area contributed by atoms with Crippen molar-refractivity contribution in [1.82, 2.24) is 0 Å². The maximum absolute atomic E-state index is 6.14. The van der Waals surface area contributed by atoms with Crippen molar-refractivity contribution in [3.8, 4) is 11.5 Å². The van der Waals surface area contributed by atoms with Gasteiger partial charge in [-0.15, -0.1) is 11.6 Å². The lowest BCUT2D eigenvalue weighted by Crippen LogP contribution is -2.29. The lowest BCUT2D eigenvalue weighted by molar-refractivity contribution is 0.0199. The first-order valence-corrected chi connectivity index (χ1v) is 7.71. The van der Waals surface area contributed by atoms with Gasteiger partial charge in [-0.3, -0.25) is 0 Å². The molecule has 0 amide bonds. The van der Waals surface area contributed by atoms with E-state index < -0.39 is 0 Å². The van der Waals surface area contributed by atoms with Gasteiger partial charge in [0.2, 0.25) is 0 Å². The quantitative estimate of drug-likeness (QED) is 0.752. The van der Waals surface area contributed by atoms with Gasteiger partial charge >= 0.3 is 0 Å². The highest BCUT2D eigenvalue weighted by Gasteiger charge is 2.25. The van der Waals surface area contributed by atoms with E-state index in [1.165, 1.54) is 0 Å². The number of benzene rings is 1. The second-order valence-electron chi connectivity index (χ2n) is 4.99. The summed E-state index contributed by atoms with van der Waals surface area (Å²) in [5.74, 6) is 1.67. The molecule has 2 rings (SSSR count). The standard InChI is InChI=1S/C15H20Cl2O3/c1-18-12-4-3-5-13(8-12)20-15-10(9-16)6-11(17)7-14(15)19-2/h6-7,12-13H,3-5,8-9H2,1-2H3. The van der Waals surface area contributed by atoms with Crippen molar-refractivity contribution < 1.29 is 14.2 Å². The second kappa shape index (κ2) is 7.39. The normalized spacial score (nSPS) is 22.6. The first-order valence-electron chi connectivity index (χ1n) is 6.79. The van der Waals surface area contributed by atoms with Gasteiger partial charge in [0.25, 0.3) is 0 Å². The minimum Gasteiger partial charge on any atom is -0.493 e. The van der Waals surface area contributed by atoms with Crippen molar-refractivity contribution in [3.63, 3.8) is 0 Å². The molecule has 2 atom stereocenters. The van der Waals surface area contributed by atoms with E-state index in [4.69, 9.17) is 37.4 Å². The van der Waals surface area contributed by atoms with E-state index in [2.05, 4.69) is 0 Å². The van der Waals surface area contributed by atoms with Crippen LogP contribution in [0.3, 0.4) is 0 Å². The van der Waals surface area contributed by atoms with Gasteiger partial charge in [0.05, 0.1) is 19.1 Å². The molecule has 1 aromatic carbocycles. The predicted molar refractivity (Wildman–Crippen MR) is 81.2 cm³/mol. The molecule has 0 aromatic heterocycles. The highest BCUT2D eigenvalue weighted by atomic mass is 35.5. The molecule has 0 radical (unpaired) electrons. The predicted octanol–water partition coefficient (Wildman–Crippen LogP) is 4.42. The van der Waals surface area contributed by atoms with E-state index >= 15 is 0 Å². The first-order chi connectivity index (χ1) is 9.67. The van der Waals surface area contributed by atoms with Crippen molar-refractivity contribution in [3.05, 3.63) is 22.7 Å². The molecule has 0 N–H and O–H groups in total. The van der Waals surface area contributed by atoms with E-state index in [0.717, 1.165) is 31.2 Å². The molecule has 1 aliphatic carbocycles. The molecule has 20 heavy (non-hydrogen) atoms. The Morgan fingerprint density at radius 2 is 1.95 bits per heavy atom. The van der Waals surface area contributed by atoms with Crippen LogP contribution in [0.4, 0.5) is 0 Å². The van der Waals surface area contributed by atoms with Crippen LogP contribution in [0.5, 0.6) is 11.5 Å². The van der Waals surface area contributed by atoms with Crippen LogP contribution in [0.1, 0.15) is 31.2 Å². The van der Waals surface area contributed by atoms with Gasteiger partial charge in [0.15, 0.2) is 11.5 Å². The largest absolute Gasteiger partial charge is 0.493 e. The Labute approximate surface area is 130 Å². The maximum Gasteiger partial charge on any atom is 0.166 e. The van der Waals surface area contributed by atoms with Crippen LogP contribution in [0.25, 0.3) is 0 Å². The Morgan fingerprint density at radius 3 is 2.60 bits per heavy atom. The minimum absolute atomic E-state index is 0.130. The highest BCUT2D eigenvalue weighted by Crippen LogP contribution is 2.38. The zero-order valence-corrected chi connectivity index (χ0v) is 13.3. The molecule has 0 saturated heterocycles. The van der Waals surface area contributed by atoms with Gasteiger partial charge in [-0.2, -0.15) is 0 Å². The summed E-state index contributed by atoms with van der Waals surface area (Å²) in [5, 5.41) is 0.600. The number of methoxy groups -OCH3 is 2. The monoisotopic (exact) mass is 318 g/mol. The molecule has 0 aliphatic heterocycles. The van der Waals surface area contributed by atoms with E-state index in [1.807, 2.05) is 6.07 Å². The van der Waals surface area contributed by atoms with Gasteiger partial charge in [0.1, 0.15) is 6.10 Å². The lowest BCUT2D eigenvalue weighted by Gasteiger charge is -2.29. The smallest absolute Gasteiger partial charge is 0.166 e. The van der Waals surface area contributed by atoms with Crippen molar-refractivity contribution in [2.45, 2.75) is 43.8 Å². The second-order valence-corrected chi connectivity index (χ2v) is 5.70. The third-order valence-corrected chi connectivity index (χ3v) is 4.16. The van der Waals surface area contributed by atoms with Crippen LogP contribution in [-0.2, 0) is 10.6 Å². The molecule has 3 nitrogen and oxygen atoms in total. The molecule has 0 spiro atoms. The summed E-state index contributed by atoms with van der Waals surface area (Å²) in [6.45, 7) is 0. The summed E-state index contributed by atoms with van der Waals surface area (Å²) in [4.78, 5) is 0. The fourth-order valence-corrected chi connectivity index (χ4v) is 3.03. The Bertz CT molecular complexity index is 426. The van der Waals surface area contributed by atoms with E-state index in [1.54, 1.807) is 20.3 Å². The van der Waals surface area contributed by atoms with Crippen LogP contribution in [0, 0.1) is 0 Å². The number of rotatable bonds is 5. The van der Waals surface area contributed by atoms with Gasteiger partial charge in [-0.1, -0.05) is 11.6 Å². The summed E-state index contributed by atoms with van der Waals surface area (Å²) in [6.07, 6.45) is 4.51. The van der Waals surface area contributed by atoms with Crippen LogP contribution < -0.4 is 9.47 Å². The zero-order valence-electron chi connectivity index (χ0n) is 11.8. The van der Waals surface area contributed by atoms with Crippen LogP contribution >= 0.6 is 23.2 Å². The van der Waals surface area contributed by atoms with Crippen molar-refractivity contribution >= 4 is 23.2 Å². The van der Waals surface area contributed by atoms with Gasteiger partial charge in [-0.25, -0.2) is 0 Å². The maximum atomic E-state index is 6.14. The third kappa shape index (κ3) is 3.72. The number of alkyl halides is 1. The van der Waals surface area contributed by atoms with Gasteiger partial charge in [-0.05, 0) is 25.3 Å². The fraction of sp³-hybridized carbons (Fsp3) is 0.600. The van der Waals surface area contributed by atoms with E-state index in [9.17, 15) is 0 Å². The average Bonchev–Trinajstić information content (AvgIpc) is 2.48. The highest BCUT2D eigenvalue weighted by molar-refractivity contribution is 6.31. The molecule has 0 bridgehead atoms. The molecule has 0 heterocycles. The van der Waals surface area contributed by atoms with Crippen LogP contribution in [0.2, 0.25) is 5.02 Å². The zero-order chi connectivity index (χ0) is 14.5. The Kier molecular flexibility index (Phi) is 5.82. The topological polar surface area (TPSA) is 27.7 Å². The number of hydrogen-bond acceptors (Lipinski definition) is 3. The van der Waals surface area contributed by atoms with Gasteiger partial charge in [0, 0.05) is 30.2 Å². The lowest BCUT2D eigenvalue weighted by atomic mass is 9.95. The Hall–Kier alpha value is -0.640. The number of ether oxygens (including phenoxy) is 3. The van der Waals surface area contributed by atoms with Crippen molar-refractivity contribution in [2.75, 3.05) is 14.2 Å². The molecular weight excluding hydrogens is 299 g/mol. The Balaban J connectivity index is 2.19. The number of halogens is 2. The fourth-order valence-electron chi connectivity index (χ4n) is 2.60. The molecule has 1 saturated carbocycles.